The molecule has 1 aromatic heterocycles. The van der Waals surface area contributed by atoms with Crippen molar-refractivity contribution in [3.05, 3.63) is 52.3 Å². The second-order valence-corrected chi connectivity index (χ2v) is 4.00. The molecule has 2 rings (SSSR count). The second-order valence-electron chi connectivity index (χ2n) is 3.15. The molecule has 0 radical (unpaired) electrons. The molecule has 3 nitrogen and oxygen atoms in total. The maximum absolute atomic E-state index is 11.9. The molecule has 15 heavy (non-hydrogen) atoms. The second kappa shape index (κ2) is 3.90. The SMILES string of the molecule is Nc1cc(C(=O)c2ccc[nH]2)ccc1Br. The molecule has 0 aliphatic rings. The number of aromatic amines is 1. The highest BCUT2D eigenvalue weighted by Gasteiger charge is 2.10. The quantitative estimate of drug-likeness (QED) is 0.647. The number of halogens is 1. The molecule has 1 heterocycles. The first-order valence-electron chi connectivity index (χ1n) is 4.41. The molecule has 0 aliphatic heterocycles. The fourth-order valence-corrected chi connectivity index (χ4v) is 1.56. The number of benzene rings is 1. The zero-order valence-electron chi connectivity index (χ0n) is 7.83. The normalized spacial score (nSPS) is 10.2. The Morgan fingerprint density at radius 1 is 1.33 bits per heavy atom. The van der Waals surface area contributed by atoms with Gasteiger partial charge in [0.05, 0.1) is 5.69 Å². The van der Waals surface area contributed by atoms with E-state index in [1.54, 1.807) is 36.5 Å². The predicted octanol–water partition coefficient (Wildman–Crippen LogP) is 2.59. The number of rotatable bonds is 2. The monoisotopic (exact) mass is 264 g/mol. The first-order valence-corrected chi connectivity index (χ1v) is 5.21. The van der Waals surface area contributed by atoms with Crippen LogP contribution < -0.4 is 5.73 Å². The molecule has 2 aromatic rings. The van der Waals surface area contributed by atoms with Crippen LogP contribution in [0.2, 0.25) is 0 Å². The zero-order chi connectivity index (χ0) is 10.8. The summed E-state index contributed by atoms with van der Waals surface area (Å²) in [6.45, 7) is 0. The molecule has 0 atom stereocenters. The van der Waals surface area contributed by atoms with Crippen molar-refractivity contribution in [1.29, 1.82) is 0 Å². The van der Waals surface area contributed by atoms with Crippen molar-refractivity contribution in [2.45, 2.75) is 0 Å². The third kappa shape index (κ3) is 1.94. The number of anilines is 1. The van der Waals surface area contributed by atoms with E-state index in [9.17, 15) is 4.79 Å². The van der Waals surface area contributed by atoms with Gasteiger partial charge in [-0.1, -0.05) is 0 Å². The Kier molecular flexibility index (Phi) is 2.60. The Labute approximate surface area is 95.4 Å². The van der Waals surface area contributed by atoms with Crippen molar-refractivity contribution in [1.82, 2.24) is 4.98 Å². The van der Waals surface area contributed by atoms with E-state index in [1.807, 2.05) is 0 Å². The summed E-state index contributed by atoms with van der Waals surface area (Å²) in [4.78, 5) is 14.7. The topological polar surface area (TPSA) is 58.9 Å². The summed E-state index contributed by atoms with van der Waals surface area (Å²) in [6.07, 6.45) is 1.72. The zero-order valence-corrected chi connectivity index (χ0v) is 9.41. The Morgan fingerprint density at radius 3 is 2.73 bits per heavy atom. The maximum atomic E-state index is 11.9. The van der Waals surface area contributed by atoms with Crippen LogP contribution in [0.4, 0.5) is 5.69 Å². The lowest BCUT2D eigenvalue weighted by Crippen LogP contribution is -2.02. The minimum absolute atomic E-state index is 0.0563. The fourth-order valence-electron chi connectivity index (χ4n) is 1.31. The minimum Gasteiger partial charge on any atom is -0.398 e. The van der Waals surface area contributed by atoms with Crippen LogP contribution in [0.3, 0.4) is 0 Å². The summed E-state index contributed by atoms with van der Waals surface area (Å²) < 4.78 is 0.797. The number of H-pyrrole nitrogens is 1. The van der Waals surface area contributed by atoms with E-state index >= 15 is 0 Å². The number of nitrogens with two attached hydrogens (primary N) is 1. The van der Waals surface area contributed by atoms with Crippen LogP contribution in [0.15, 0.2) is 41.0 Å². The standard InChI is InChI=1S/C11H9BrN2O/c12-8-4-3-7(6-9(8)13)11(15)10-2-1-5-14-10/h1-6,14H,13H2. The number of carbonyl (C=O) groups excluding carboxylic acids is 1. The van der Waals surface area contributed by atoms with E-state index in [-0.39, 0.29) is 5.78 Å². The van der Waals surface area contributed by atoms with Gasteiger partial charge in [-0.3, -0.25) is 4.79 Å². The van der Waals surface area contributed by atoms with Crippen LogP contribution >= 0.6 is 15.9 Å². The number of nitrogens with one attached hydrogen (secondary N) is 1. The van der Waals surface area contributed by atoms with Crippen LogP contribution in [0.1, 0.15) is 16.1 Å². The first kappa shape index (κ1) is 9.98. The first-order chi connectivity index (χ1) is 7.18. The Bertz CT molecular complexity index is 491. The van der Waals surface area contributed by atoms with Crippen LogP contribution in [-0.2, 0) is 0 Å². The number of hydrogen-bond acceptors (Lipinski definition) is 2. The van der Waals surface area contributed by atoms with E-state index in [0.717, 1.165) is 4.47 Å². The van der Waals surface area contributed by atoms with Gasteiger partial charge in [-0.15, -0.1) is 0 Å². The lowest BCUT2D eigenvalue weighted by molar-refractivity contribution is 0.103. The summed E-state index contributed by atoms with van der Waals surface area (Å²) in [5, 5.41) is 0. The summed E-state index contributed by atoms with van der Waals surface area (Å²) in [7, 11) is 0. The van der Waals surface area contributed by atoms with Crippen LogP contribution in [0, 0.1) is 0 Å². The van der Waals surface area contributed by atoms with Crippen molar-refractivity contribution in [2.75, 3.05) is 5.73 Å². The average Bonchev–Trinajstić information content (AvgIpc) is 2.74. The molecular formula is C11H9BrN2O. The van der Waals surface area contributed by atoms with Gasteiger partial charge in [0.25, 0.3) is 0 Å². The summed E-state index contributed by atoms with van der Waals surface area (Å²) in [6, 6.07) is 8.69. The van der Waals surface area contributed by atoms with E-state index in [2.05, 4.69) is 20.9 Å². The number of carbonyl (C=O) groups is 1. The smallest absolute Gasteiger partial charge is 0.209 e. The molecule has 0 saturated carbocycles. The van der Waals surface area contributed by atoms with Gasteiger partial charge < -0.3 is 10.7 Å². The Balaban J connectivity index is 2.39. The van der Waals surface area contributed by atoms with Gasteiger partial charge in [0.1, 0.15) is 0 Å². The van der Waals surface area contributed by atoms with Crippen molar-refractivity contribution in [2.24, 2.45) is 0 Å². The highest BCUT2D eigenvalue weighted by atomic mass is 79.9. The van der Waals surface area contributed by atoms with Crippen molar-refractivity contribution >= 4 is 27.4 Å². The Morgan fingerprint density at radius 2 is 2.13 bits per heavy atom. The minimum atomic E-state index is -0.0563. The highest BCUT2D eigenvalue weighted by Crippen LogP contribution is 2.21. The number of hydrogen-bond donors (Lipinski definition) is 2. The lowest BCUT2D eigenvalue weighted by Gasteiger charge is -2.02. The number of aromatic nitrogens is 1. The Hall–Kier alpha value is -1.55. The predicted molar refractivity (Wildman–Crippen MR) is 62.8 cm³/mol. The van der Waals surface area contributed by atoms with Crippen LogP contribution in [-0.4, -0.2) is 10.8 Å². The maximum Gasteiger partial charge on any atom is 0.209 e. The average molecular weight is 265 g/mol. The summed E-state index contributed by atoms with van der Waals surface area (Å²) in [5.41, 5.74) is 7.41. The van der Waals surface area contributed by atoms with Gasteiger partial charge in [-0.05, 0) is 46.3 Å². The van der Waals surface area contributed by atoms with Crippen LogP contribution in [0.5, 0.6) is 0 Å². The van der Waals surface area contributed by atoms with Gasteiger partial charge in [0.2, 0.25) is 5.78 Å². The van der Waals surface area contributed by atoms with E-state index in [4.69, 9.17) is 5.73 Å². The van der Waals surface area contributed by atoms with Crippen molar-refractivity contribution in [3.8, 4) is 0 Å². The van der Waals surface area contributed by atoms with Gasteiger partial charge >= 0.3 is 0 Å². The fraction of sp³-hybridized carbons (Fsp3) is 0. The molecule has 3 N–H and O–H groups in total. The number of ketones is 1. The molecule has 0 amide bonds. The van der Waals surface area contributed by atoms with E-state index in [0.29, 0.717) is 16.9 Å². The van der Waals surface area contributed by atoms with Gasteiger partial charge in [-0.2, -0.15) is 0 Å². The lowest BCUT2D eigenvalue weighted by atomic mass is 10.1. The molecule has 4 heteroatoms. The molecule has 0 fully saturated rings. The third-order valence-electron chi connectivity index (χ3n) is 2.10. The number of nitrogen functional groups attached to an aromatic ring is 1. The molecule has 76 valence electrons. The van der Waals surface area contributed by atoms with E-state index < -0.39 is 0 Å². The van der Waals surface area contributed by atoms with Crippen LogP contribution in [0.25, 0.3) is 0 Å². The largest absolute Gasteiger partial charge is 0.398 e. The van der Waals surface area contributed by atoms with Gasteiger partial charge in [0, 0.05) is 21.9 Å². The molecule has 0 aliphatic carbocycles. The third-order valence-corrected chi connectivity index (χ3v) is 2.82. The molecule has 0 unspecified atom stereocenters. The molecule has 0 saturated heterocycles. The molecule has 0 spiro atoms. The van der Waals surface area contributed by atoms with Gasteiger partial charge in [-0.25, -0.2) is 0 Å². The highest BCUT2D eigenvalue weighted by molar-refractivity contribution is 9.10. The summed E-state index contributed by atoms with van der Waals surface area (Å²) >= 11 is 3.28. The molecule has 1 aromatic carbocycles. The van der Waals surface area contributed by atoms with Crippen molar-refractivity contribution < 1.29 is 4.79 Å². The summed E-state index contributed by atoms with van der Waals surface area (Å²) in [5.74, 6) is -0.0563. The van der Waals surface area contributed by atoms with Gasteiger partial charge in [0.15, 0.2) is 0 Å². The molecular weight excluding hydrogens is 256 g/mol. The van der Waals surface area contributed by atoms with E-state index in [1.165, 1.54) is 0 Å². The van der Waals surface area contributed by atoms with Crippen molar-refractivity contribution in [3.63, 3.8) is 0 Å². The molecule has 0 bridgehead atoms.